The van der Waals surface area contributed by atoms with Crippen molar-refractivity contribution < 1.29 is 13.6 Å². The molecule has 0 aliphatic carbocycles. The van der Waals surface area contributed by atoms with E-state index >= 15 is 0 Å². The lowest BCUT2D eigenvalue weighted by atomic mass is 10.2. The lowest BCUT2D eigenvalue weighted by Crippen LogP contribution is -2.24. The molecule has 0 fully saturated rings. The number of nitrogens with zero attached hydrogens (tertiary/aromatic N) is 2. The molecule has 104 valence electrons. The first kappa shape index (κ1) is 14.4. The van der Waals surface area contributed by atoms with E-state index in [1.807, 2.05) is 0 Å². The van der Waals surface area contributed by atoms with Gasteiger partial charge in [0.05, 0.1) is 17.8 Å². The van der Waals surface area contributed by atoms with Crippen molar-refractivity contribution in [2.45, 2.75) is 17.3 Å². The molecule has 0 bridgehead atoms. The fraction of sp³-hybridized carbons (Fsp3) is 0.154. The van der Waals surface area contributed by atoms with Crippen LogP contribution in [0.3, 0.4) is 0 Å². The summed E-state index contributed by atoms with van der Waals surface area (Å²) in [6, 6.07) is 8.33. The van der Waals surface area contributed by atoms with Crippen LogP contribution in [0.5, 0.6) is 0 Å². The van der Waals surface area contributed by atoms with Gasteiger partial charge in [-0.05, 0) is 36.0 Å². The van der Waals surface area contributed by atoms with E-state index in [0.717, 1.165) is 0 Å². The number of hydrogen-bond acceptors (Lipinski definition) is 4. The predicted molar refractivity (Wildman–Crippen MR) is 71.5 cm³/mol. The Kier molecular flexibility index (Phi) is 5.00. The summed E-state index contributed by atoms with van der Waals surface area (Å²) in [7, 11) is 0. The maximum atomic E-state index is 12.4. The van der Waals surface area contributed by atoms with E-state index < -0.39 is 11.7 Å². The van der Waals surface area contributed by atoms with E-state index in [1.165, 1.54) is 18.3 Å². The van der Waals surface area contributed by atoms with Gasteiger partial charge in [-0.15, -0.1) is 0 Å². The second kappa shape index (κ2) is 6.95. The van der Waals surface area contributed by atoms with E-state index in [0.29, 0.717) is 5.69 Å². The Hall–Kier alpha value is -2.02. The minimum absolute atomic E-state index is 0.0148. The number of carbonyl (C=O) groups excluding carboxylic acids is 1. The smallest absolute Gasteiger partial charge is 0.290 e. The highest BCUT2D eigenvalue weighted by atomic mass is 32.2. The zero-order chi connectivity index (χ0) is 14.4. The Morgan fingerprint density at radius 2 is 2.00 bits per heavy atom. The van der Waals surface area contributed by atoms with Crippen molar-refractivity contribution in [1.82, 2.24) is 15.3 Å². The van der Waals surface area contributed by atoms with Crippen molar-refractivity contribution in [2.24, 2.45) is 0 Å². The number of halogens is 2. The first-order valence-corrected chi connectivity index (χ1v) is 6.62. The molecule has 7 heteroatoms. The molecule has 0 unspecified atom stereocenters. The van der Waals surface area contributed by atoms with Gasteiger partial charge in [0.1, 0.15) is 5.03 Å². The second-order valence-electron chi connectivity index (χ2n) is 3.74. The zero-order valence-corrected chi connectivity index (χ0v) is 11.1. The second-order valence-corrected chi connectivity index (χ2v) is 4.72. The van der Waals surface area contributed by atoms with Crippen LogP contribution in [-0.4, -0.2) is 21.6 Å². The van der Waals surface area contributed by atoms with Gasteiger partial charge in [-0.1, -0.05) is 6.07 Å². The number of amides is 1. The van der Waals surface area contributed by atoms with Crippen molar-refractivity contribution in [3.05, 3.63) is 54.0 Å². The van der Waals surface area contributed by atoms with Crippen LogP contribution in [0.4, 0.5) is 8.78 Å². The van der Waals surface area contributed by atoms with Gasteiger partial charge < -0.3 is 5.32 Å². The van der Waals surface area contributed by atoms with Gasteiger partial charge in [-0.25, -0.2) is 4.98 Å². The lowest BCUT2D eigenvalue weighted by Gasteiger charge is -2.08. The summed E-state index contributed by atoms with van der Waals surface area (Å²) >= 11 is 0.254. The van der Waals surface area contributed by atoms with Gasteiger partial charge in [0.2, 0.25) is 0 Å². The third-order valence-electron chi connectivity index (χ3n) is 2.37. The van der Waals surface area contributed by atoms with E-state index in [-0.39, 0.29) is 28.9 Å². The Balaban J connectivity index is 2.05. The maximum Gasteiger partial charge on any atom is 0.290 e. The Labute approximate surface area is 118 Å². The molecular weight excluding hydrogens is 284 g/mol. The van der Waals surface area contributed by atoms with Gasteiger partial charge in [0.15, 0.2) is 0 Å². The first-order chi connectivity index (χ1) is 9.66. The highest BCUT2D eigenvalue weighted by molar-refractivity contribution is 7.99. The summed E-state index contributed by atoms with van der Waals surface area (Å²) in [6.45, 7) is 0.230. The minimum atomic E-state index is -2.62. The van der Waals surface area contributed by atoms with Crippen molar-refractivity contribution in [3.8, 4) is 0 Å². The van der Waals surface area contributed by atoms with Crippen LogP contribution in [-0.2, 0) is 6.54 Å². The molecule has 0 radical (unpaired) electrons. The number of hydrogen-bond donors (Lipinski definition) is 1. The Morgan fingerprint density at radius 3 is 2.70 bits per heavy atom. The average Bonchev–Trinajstić information content (AvgIpc) is 2.46. The van der Waals surface area contributed by atoms with Crippen molar-refractivity contribution in [3.63, 3.8) is 0 Å². The van der Waals surface area contributed by atoms with Gasteiger partial charge >= 0.3 is 0 Å². The molecule has 2 heterocycles. The highest BCUT2D eigenvalue weighted by Crippen LogP contribution is 2.26. The number of rotatable bonds is 5. The topological polar surface area (TPSA) is 54.9 Å². The number of nitrogens with one attached hydrogen (secondary N) is 1. The van der Waals surface area contributed by atoms with Crippen LogP contribution in [0, 0.1) is 0 Å². The minimum Gasteiger partial charge on any atom is -0.346 e. The first-order valence-electron chi connectivity index (χ1n) is 5.75. The average molecular weight is 295 g/mol. The van der Waals surface area contributed by atoms with Crippen LogP contribution < -0.4 is 5.32 Å². The number of thioether (sulfide) groups is 1. The van der Waals surface area contributed by atoms with E-state index in [2.05, 4.69) is 15.3 Å². The zero-order valence-electron chi connectivity index (χ0n) is 10.3. The fourth-order valence-electron chi connectivity index (χ4n) is 1.51. The Morgan fingerprint density at radius 1 is 1.20 bits per heavy atom. The lowest BCUT2D eigenvalue weighted by molar-refractivity contribution is 0.0946. The third-order valence-corrected chi connectivity index (χ3v) is 3.10. The third kappa shape index (κ3) is 3.99. The molecule has 4 nitrogen and oxygen atoms in total. The van der Waals surface area contributed by atoms with Gasteiger partial charge in [-0.2, -0.15) is 8.78 Å². The Bertz CT molecular complexity index is 581. The van der Waals surface area contributed by atoms with E-state index in [4.69, 9.17) is 0 Å². The summed E-state index contributed by atoms with van der Waals surface area (Å²) in [5.41, 5.74) is 0.821. The van der Waals surface area contributed by atoms with E-state index in [9.17, 15) is 13.6 Å². The van der Waals surface area contributed by atoms with Crippen LogP contribution in [0.15, 0.2) is 47.8 Å². The summed E-state index contributed by atoms with van der Waals surface area (Å²) in [6.07, 6.45) is 2.99. The molecule has 0 aliphatic rings. The molecule has 0 saturated carbocycles. The number of carbonyl (C=O) groups is 1. The van der Waals surface area contributed by atoms with Crippen LogP contribution >= 0.6 is 11.8 Å². The predicted octanol–water partition coefficient (Wildman–Crippen LogP) is 2.72. The van der Waals surface area contributed by atoms with Crippen molar-refractivity contribution in [1.29, 1.82) is 0 Å². The molecule has 1 amide bonds. The molecule has 0 spiro atoms. The van der Waals surface area contributed by atoms with Crippen molar-refractivity contribution >= 4 is 17.7 Å². The molecule has 0 saturated heterocycles. The molecular formula is C13H11F2N3OS. The molecule has 0 aromatic carbocycles. The standard InChI is InChI=1S/C13H11F2N3OS/c14-13(15)20-12-10(5-3-7-17-12)11(19)18-8-9-4-1-2-6-16-9/h1-7,13H,8H2,(H,18,19). The van der Waals surface area contributed by atoms with Gasteiger partial charge in [-0.3, -0.25) is 9.78 Å². The molecule has 20 heavy (non-hydrogen) atoms. The normalized spacial score (nSPS) is 10.6. The SMILES string of the molecule is O=C(NCc1ccccn1)c1cccnc1SC(F)F. The van der Waals surface area contributed by atoms with Crippen LogP contribution in [0.25, 0.3) is 0 Å². The molecule has 1 N–H and O–H groups in total. The van der Waals surface area contributed by atoms with Crippen LogP contribution in [0.1, 0.15) is 16.1 Å². The number of alkyl halides is 2. The molecule has 0 atom stereocenters. The summed E-state index contributed by atoms with van der Waals surface area (Å²) in [5, 5.41) is 2.64. The summed E-state index contributed by atoms with van der Waals surface area (Å²) in [4.78, 5) is 19.8. The van der Waals surface area contributed by atoms with Gasteiger partial charge in [0.25, 0.3) is 11.7 Å². The largest absolute Gasteiger partial charge is 0.346 e. The summed E-state index contributed by atoms with van der Waals surface area (Å²) < 4.78 is 24.8. The maximum absolute atomic E-state index is 12.4. The number of pyridine rings is 2. The fourth-order valence-corrected chi connectivity index (χ4v) is 2.09. The molecule has 2 rings (SSSR count). The summed E-state index contributed by atoms with van der Waals surface area (Å²) in [5.74, 6) is -3.07. The van der Waals surface area contributed by atoms with Gasteiger partial charge in [0, 0.05) is 12.4 Å². The number of aromatic nitrogens is 2. The quantitative estimate of drug-likeness (QED) is 0.862. The van der Waals surface area contributed by atoms with Crippen LogP contribution in [0.2, 0.25) is 0 Å². The highest BCUT2D eigenvalue weighted by Gasteiger charge is 2.16. The molecule has 0 aliphatic heterocycles. The van der Waals surface area contributed by atoms with E-state index in [1.54, 1.807) is 24.4 Å². The molecule has 2 aromatic heterocycles. The van der Waals surface area contributed by atoms with Crippen molar-refractivity contribution in [2.75, 3.05) is 0 Å². The monoisotopic (exact) mass is 295 g/mol. The molecule has 2 aromatic rings.